The van der Waals surface area contributed by atoms with Crippen LogP contribution in [-0.2, 0) is 11.2 Å². The number of amides is 1. The molecule has 0 saturated carbocycles. The summed E-state index contributed by atoms with van der Waals surface area (Å²) in [5, 5.41) is 14.0. The molecule has 2 N–H and O–H groups in total. The average molecular weight is 362 g/mol. The number of hydrogen-bond acceptors (Lipinski definition) is 5. The van der Waals surface area contributed by atoms with E-state index in [1.54, 1.807) is 12.1 Å². The summed E-state index contributed by atoms with van der Waals surface area (Å²) in [4.78, 5) is 11.9. The molecule has 0 aliphatic heterocycles. The highest BCUT2D eigenvalue weighted by atomic mass is 16.5. The van der Waals surface area contributed by atoms with E-state index in [-0.39, 0.29) is 12.5 Å². The van der Waals surface area contributed by atoms with Crippen molar-refractivity contribution in [2.45, 2.75) is 13.3 Å². The van der Waals surface area contributed by atoms with Gasteiger partial charge in [0, 0.05) is 6.54 Å². The average Bonchev–Trinajstić information content (AvgIpc) is 2.70. The topological polar surface area (TPSA) is 76.1 Å². The van der Waals surface area contributed by atoms with E-state index in [4.69, 9.17) is 4.74 Å². The third kappa shape index (κ3) is 6.11. The quantitative estimate of drug-likeness (QED) is 0.642. The van der Waals surface area contributed by atoms with Gasteiger partial charge in [0.1, 0.15) is 11.6 Å². The molecule has 3 rings (SSSR count). The second kappa shape index (κ2) is 9.33. The monoisotopic (exact) mass is 362 g/mol. The van der Waals surface area contributed by atoms with Crippen molar-refractivity contribution >= 4 is 17.5 Å². The lowest BCUT2D eigenvalue weighted by Crippen LogP contribution is -2.21. The van der Waals surface area contributed by atoms with Gasteiger partial charge < -0.3 is 15.4 Å². The fourth-order valence-electron chi connectivity index (χ4n) is 2.44. The molecule has 138 valence electrons. The molecule has 0 unspecified atom stereocenters. The fourth-order valence-corrected chi connectivity index (χ4v) is 2.44. The van der Waals surface area contributed by atoms with Crippen molar-refractivity contribution in [3.8, 4) is 5.75 Å². The minimum Gasteiger partial charge on any atom is -0.484 e. The van der Waals surface area contributed by atoms with Crippen LogP contribution in [0.5, 0.6) is 5.75 Å². The molecule has 0 bridgehead atoms. The van der Waals surface area contributed by atoms with Crippen molar-refractivity contribution in [3.63, 3.8) is 0 Å². The van der Waals surface area contributed by atoms with E-state index in [0.717, 1.165) is 18.5 Å². The van der Waals surface area contributed by atoms with Gasteiger partial charge >= 0.3 is 0 Å². The second-order valence-corrected chi connectivity index (χ2v) is 6.12. The third-order valence-electron chi connectivity index (χ3n) is 3.89. The molecule has 0 saturated heterocycles. The maximum absolute atomic E-state index is 11.9. The number of ether oxygens (including phenoxy) is 1. The van der Waals surface area contributed by atoms with Crippen LogP contribution in [0.25, 0.3) is 0 Å². The van der Waals surface area contributed by atoms with Crippen molar-refractivity contribution in [2.75, 3.05) is 23.8 Å². The van der Waals surface area contributed by atoms with Crippen molar-refractivity contribution in [1.29, 1.82) is 0 Å². The first-order valence-corrected chi connectivity index (χ1v) is 8.80. The third-order valence-corrected chi connectivity index (χ3v) is 3.89. The standard InChI is InChI=1S/C21H22N4O2/c1-16-7-9-18(10-8-16)27-15-21(26)23-20-12-11-19(24-25-20)22-14-13-17-5-3-2-4-6-17/h2-12H,13-15H2,1H3,(H,22,24)(H,23,25,26). The molecule has 1 heterocycles. The zero-order chi connectivity index (χ0) is 18.9. The fraction of sp³-hybridized carbons (Fsp3) is 0.190. The Labute approximate surface area is 158 Å². The first kappa shape index (κ1) is 18.4. The molecule has 0 spiro atoms. The number of aryl methyl sites for hydroxylation is 1. The number of hydrogen-bond donors (Lipinski definition) is 2. The molecule has 0 atom stereocenters. The van der Waals surface area contributed by atoms with E-state index < -0.39 is 0 Å². The Kier molecular flexibility index (Phi) is 6.35. The van der Waals surface area contributed by atoms with Crippen molar-refractivity contribution in [1.82, 2.24) is 10.2 Å². The SMILES string of the molecule is Cc1ccc(OCC(=O)Nc2ccc(NCCc3ccccc3)nn2)cc1. The molecular weight excluding hydrogens is 340 g/mol. The van der Waals surface area contributed by atoms with Gasteiger partial charge in [-0.2, -0.15) is 0 Å². The molecule has 1 amide bonds. The highest BCUT2D eigenvalue weighted by Crippen LogP contribution is 2.11. The van der Waals surface area contributed by atoms with Gasteiger partial charge in [0.15, 0.2) is 12.4 Å². The molecule has 1 aromatic heterocycles. The predicted molar refractivity (Wildman–Crippen MR) is 106 cm³/mol. The van der Waals surface area contributed by atoms with Crippen LogP contribution >= 0.6 is 0 Å². The van der Waals surface area contributed by atoms with Gasteiger partial charge in [-0.15, -0.1) is 10.2 Å². The Bertz CT molecular complexity index is 850. The number of anilines is 2. The lowest BCUT2D eigenvalue weighted by atomic mass is 10.1. The number of rotatable bonds is 8. The summed E-state index contributed by atoms with van der Waals surface area (Å²) < 4.78 is 5.44. The highest BCUT2D eigenvalue weighted by Gasteiger charge is 2.05. The molecular formula is C21H22N4O2. The summed E-state index contributed by atoms with van der Waals surface area (Å²) in [6.07, 6.45) is 0.900. The van der Waals surface area contributed by atoms with Gasteiger partial charge in [0.2, 0.25) is 0 Å². The Balaban J connectivity index is 1.41. The van der Waals surface area contributed by atoms with E-state index in [9.17, 15) is 4.79 Å². The largest absolute Gasteiger partial charge is 0.484 e. The van der Waals surface area contributed by atoms with Crippen molar-refractivity contribution in [3.05, 3.63) is 77.9 Å². The van der Waals surface area contributed by atoms with Crippen LogP contribution in [0, 0.1) is 6.92 Å². The molecule has 6 nitrogen and oxygen atoms in total. The normalized spacial score (nSPS) is 10.3. The Morgan fingerprint density at radius 3 is 2.33 bits per heavy atom. The Hall–Kier alpha value is -3.41. The maximum atomic E-state index is 11.9. The summed E-state index contributed by atoms with van der Waals surface area (Å²) in [6, 6.07) is 21.2. The molecule has 0 radical (unpaired) electrons. The van der Waals surface area contributed by atoms with Crippen LogP contribution in [0.4, 0.5) is 11.6 Å². The van der Waals surface area contributed by atoms with Crippen LogP contribution < -0.4 is 15.4 Å². The van der Waals surface area contributed by atoms with Gasteiger partial charge in [-0.25, -0.2) is 0 Å². The van der Waals surface area contributed by atoms with Gasteiger partial charge in [-0.05, 0) is 43.2 Å². The number of nitrogens with zero attached hydrogens (tertiary/aromatic N) is 2. The number of carbonyl (C=O) groups excluding carboxylic acids is 1. The first-order valence-electron chi connectivity index (χ1n) is 8.80. The smallest absolute Gasteiger partial charge is 0.263 e. The number of benzene rings is 2. The maximum Gasteiger partial charge on any atom is 0.263 e. The van der Waals surface area contributed by atoms with Gasteiger partial charge in [-0.3, -0.25) is 4.79 Å². The first-order chi connectivity index (χ1) is 13.2. The van der Waals surface area contributed by atoms with E-state index in [1.165, 1.54) is 5.56 Å². The summed E-state index contributed by atoms with van der Waals surface area (Å²) in [7, 11) is 0. The van der Waals surface area contributed by atoms with Crippen molar-refractivity contribution < 1.29 is 9.53 Å². The highest BCUT2D eigenvalue weighted by molar-refractivity contribution is 5.90. The van der Waals surface area contributed by atoms with Crippen molar-refractivity contribution in [2.24, 2.45) is 0 Å². The predicted octanol–water partition coefficient (Wildman–Crippen LogP) is 3.46. The number of nitrogens with one attached hydrogen (secondary N) is 2. The van der Waals surface area contributed by atoms with Crippen LogP contribution in [0.3, 0.4) is 0 Å². The van der Waals surface area contributed by atoms with Crippen LogP contribution in [0.15, 0.2) is 66.7 Å². The Morgan fingerprint density at radius 1 is 0.926 bits per heavy atom. The molecule has 2 aromatic carbocycles. The molecule has 0 aliphatic rings. The minimum atomic E-state index is -0.283. The van der Waals surface area contributed by atoms with Gasteiger partial charge in [-0.1, -0.05) is 48.0 Å². The number of aromatic nitrogens is 2. The molecule has 3 aromatic rings. The summed E-state index contributed by atoms with van der Waals surface area (Å²) in [5.41, 5.74) is 2.40. The van der Waals surface area contributed by atoms with Gasteiger partial charge in [0.05, 0.1) is 0 Å². The molecule has 0 fully saturated rings. The zero-order valence-electron chi connectivity index (χ0n) is 15.2. The summed E-state index contributed by atoms with van der Waals surface area (Å²) >= 11 is 0. The molecule has 27 heavy (non-hydrogen) atoms. The second-order valence-electron chi connectivity index (χ2n) is 6.12. The Morgan fingerprint density at radius 2 is 1.63 bits per heavy atom. The van der Waals surface area contributed by atoms with E-state index in [0.29, 0.717) is 17.4 Å². The summed E-state index contributed by atoms with van der Waals surface area (Å²) in [6.45, 7) is 2.67. The molecule has 0 aliphatic carbocycles. The zero-order valence-corrected chi connectivity index (χ0v) is 15.2. The number of carbonyl (C=O) groups is 1. The minimum absolute atomic E-state index is 0.0815. The van der Waals surface area contributed by atoms with Crippen LogP contribution in [0.1, 0.15) is 11.1 Å². The van der Waals surface area contributed by atoms with Crippen LogP contribution in [0.2, 0.25) is 0 Å². The van der Waals surface area contributed by atoms with Gasteiger partial charge in [0.25, 0.3) is 5.91 Å². The van der Waals surface area contributed by atoms with E-state index >= 15 is 0 Å². The van der Waals surface area contributed by atoms with E-state index in [2.05, 4.69) is 33.0 Å². The van der Waals surface area contributed by atoms with E-state index in [1.807, 2.05) is 49.4 Å². The molecule has 6 heteroatoms. The summed E-state index contributed by atoms with van der Waals surface area (Å²) in [5.74, 6) is 1.43. The van der Waals surface area contributed by atoms with Crippen LogP contribution in [-0.4, -0.2) is 29.3 Å². The lowest BCUT2D eigenvalue weighted by Gasteiger charge is -2.08. The lowest BCUT2D eigenvalue weighted by molar-refractivity contribution is -0.118.